The Kier molecular flexibility index (Phi) is 4.56. The minimum atomic E-state index is -0.291. The van der Waals surface area contributed by atoms with Crippen LogP contribution in [-0.4, -0.2) is 67.1 Å². The van der Waals surface area contributed by atoms with E-state index in [1.165, 1.54) is 12.2 Å². The number of anilines is 1. The Bertz CT molecular complexity index is 895. The summed E-state index contributed by atoms with van der Waals surface area (Å²) in [6, 6.07) is 6.24. The quantitative estimate of drug-likeness (QED) is 0.772. The SMILES string of the molecule is O=C1CCC(n2cc3ccc(N4CC(CN5CCNCC5)C4)cc3c2)C(=O)N1. The van der Waals surface area contributed by atoms with Crippen LogP contribution in [0.2, 0.25) is 0 Å². The van der Waals surface area contributed by atoms with Crippen LogP contribution < -0.4 is 15.5 Å². The van der Waals surface area contributed by atoms with Crippen molar-refractivity contribution in [1.82, 2.24) is 20.1 Å². The molecule has 1 aromatic heterocycles. The normalized spacial score (nSPS) is 24.4. The molecule has 2 amide bonds. The maximum absolute atomic E-state index is 12.1. The number of imide groups is 1. The average Bonchev–Trinajstić information content (AvgIpc) is 3.08. The second-order valence-corrected chi connectivity index (χ2v) is 8.31. The lowest BCUT2D eigenvalue weighted by atomic mass is 9.98. The molecule has 7 heteroatoms. The largest absolute Gasteiger partial charge is 0.371 e. The van der Waals surface area contributed by atoms with Gasteiger partial charge in [-0.3, -0.25) is 14.9 Å². The van der Waals surface area contributed by atoms with E-state index in [-0.39, 0.29) is 17.9 Å². The lowest BCUT2D eigenvalue weighted by Gasteiger charge is -2.44. The van der Waals surface area contributed by atoms with Crippen LogP contribution in [-0.2, 0) is 9.59 Å². The van der Waals surface area contributed by atoms with Crippen LogP contribution in [0.5, 0.6) is 0 Å². The molecule has 148 valence electrons. The summed E-state index contributed by atoms with van der Waals surface area (Å²) in [4.78, 5) is 28.5. The second-order valence-electron chi connectivity index (χ2n) is 8.31. The first-order valence-corrected chi connectivity index (χ1v) is 10.3. The molecule has 3 aliphatic rings. The molecule has 3 saturated heterocycles. The summed E-state index contributed by atoms with van der Waals surface area (Å²) in [6.45, 7) is 7.97. The number of nitrogens with one attached hydrogen (secondary N) is 2. The number of piperidine rings is 1. The molecule has 0 bridgehead atoms. The van der Waals surface area contributed by atoms with Gasteiger partial charge in [-0.25, -0.2) is 0 Å². The molecule has 5 rings (SSSR count). The predicted octanol–water partition coefficient (Wildman–Crippen LogP) is 0.960. The van der Waals surface area contributed by atoms with Crippen LogP contribution in [0, 0.1) is 5.92 Å². The molecule has 1 aromatic carbocycles. The zero-order valence-electron chi connectivity index (χ0n) is 16.1. The van der Waals surface area contributed by atoms with Crippen molar-refractivity contribution < 1.29 is 9.59 Å². The number of aromatic nitrogens is 1. The highest BCUT2D eigenvalue weighted by Crippen LogP contribution is 2.30. The van der Waals surface area contributed by atoms with Crippen LogP contribution in [0.3, 0.4) is 0 Å². The van der Waals surface area contributed by atoms with Crippen LogP contribution in [0.15, 0.2) is 30.6 Å². The molecule has 2 N–H and O–H groups in total. The Morgan fingerprint density at radius 1 is 1.04 bits per heavy atom. The first-order valence-electron chi connectivity index (χ1n) is 10.3. The average molecular weight is 381 g/mol. The van der Waals surface area contributed by atoms with Gasteiger partial charge in [-0.15, -0.1) is 0 Å². The van der Waals surface area contributed by atoms with Gasteiger partial charge in [0.25, 0.3) is 0 Å². The maximum Gasteiger partial charge on any atom is 0.249 e. The van der Waals surface area contributed by atoms with Crippen molar-refractivity contribution in [1.29, 1.82) is 0 Å². The number of carbonyl (C=O) groups is 2. The highest BCUT2D eigenvalue weighted by atomic mass is 16.2. The van der Waals surface area contributed by atoms with Crippen molar-refractivity contribution in [3.8, 4) is 0 Å². The minimum Gasteiger partial charge on any atom is -0.371 e. The third-order valence-electron chi connectivity index (χ3n) is 6.27. The molecule has 28 heavy (non-hydrogen) atoms. The Balaban J connectivity index is 1.25. The molecule has 0 radical (unpaired) electrons. The lowest BCUT2D eigenvalue weighted by molar-refractivity contribution is -0.135. The van der Waals surface area contributed by atoms with Gasteiger partial charge in [0.1, 0.15) is 6.04 Å². The number of hydrogen-bond donors (Lipinski definition) is 2. The first kappa shape index (κ1) is 17.7. The summed E-state index contributed by atoms with van der Waals surface area (Å²) < 4.78 is 1.96. The van der Waals surface area contributed by atoms with Crippen molar-refractivity contribution >= 4 is 28.3 Å². The van der Waals surface area contributed by atoms with Crippen molar-refractivity contribution in [2.45, 2.75) is 18.9 Å². The van der Waals surface area contributed by atoms with Gasteiger partial charge in [0.15, 0.2) is 0 Å². The van der Waals surface area contributed by atoms with Gasteiger partial charge in [0, 0.05) is 81.6 Å². The van der Waals surface area contributed by atoms with Crippen LogP contribution >= 0.6 is 0 Å². The topological polar surface area (TPSA) is 69.6 Å². The summed E-state index contributed by atoms with van der Waals surface area (Å²) in [5, 5.41) is 8.13. The van der Waals surface area contributed by atoms with Gasteiger partial charge in [-0.1, -0.05) is 6.07 Å². The van der Waals surface area contributed by atoms with E-state index < -0.39 is 0 Å². The summed E-state index contributed by atoms with van der Waals surface area (Å²) in [7, 11) is 0. The van der Waals surface area contributed by atoms with E-state index in [2.05, 4.69) is 38.6 Å². The van der Waals surface area contributed by atoms with E-state index in [9.17, 15) is 9.59 Å². The van der Waals surface area contributed by atoms with Gasteiger partial charge in [-0.05, 0) is 23.9 Å². The van der Waals surface area contributed by atoms with E-state index in [1.807, 2.05) is 17.0 Å². The number of amides is 2. The standard InChI is InChI=1S/C21H27N5O2/c27-20-4-3-19(21(28)23-20)26-13-16-1-2-18(9-17(16)14-26)25-11-15(12-25)10-24-7-5-22-6-8-24/h1-2,9,13-15,19,22H,3-8,10-12H2,(H,23,27,28). The number of nitrogens with zero attached hydrogens (tertiary/aromatic N) is 3. The zero-order chi connectivity index (χ0) is 19.1. The molecule has 1 atom stereocenters. The van der Waals surface area contributed by atoms with E-state index in [0.717, 1.165) is 56.0 Å². The molecular weight excluding hydrogens is 354 g/mol. The number of rotatable bonds is 4. The van der Waals surface area contributed by atoms with Gasteiger partial charge >= 0.3 is 0 Å². The molecule has 7 nitrogen and oxygen atoms in total. The van der Waals surface area contributed by atoms with Gasteiger partial charge < -0.3 is 19.7 Å². The third kappa shape index (κ3) is 3.40. The minimum absolute atomic E-state index is 0.173. The fourth-order valence-electron chi connectivity index (χ4n) is 4.65. The number of carbonyl (C=O) groups excluding carboxylic acids is 2. The Hall–Kier alpha value is -2.38. The van der Waals surface area contributed by atoms with Crippen LogP contribution in [0.4, 0.5) is 5.69 Å². The molecule has 3 fully saturated rings. The van der Waals surface area contributed by atoms with Crippen molar-refractivity contribution in [3.63, 3.8) is 0 Å². The Morgan fingerprint density at radius 2 is 1.82 bits per heavy atom. The van der Waals surface area contributed by atoms with Gasteiger partial charge in [-0.2, -0.15) is 0 Å². The first-order chi connectivity index (χ1) is 13.7. The van der Waals surface area contributed by atoms with Crippen LogP contribution in [0.25, 0.3) is 10.8 Å². The molecule has 3 aliphatic heterocycles. The maximum atomic E-state index is 12.1. The molecular formula is C21H27N5O2. The highest BCUT2D eigenvalue weighted by Gasteiger charge is 2.30. The summed E-state index contributed by atoms with van der Waals surface area (Å²) in [5.74, 6) is 0.380. The molecule has 0 spiro atoms. The summed E-state index contributed by atoms with van der Waals surface area (Å²) >= 11 is 0. The highest BCUT2D eigenvalue weighted by molar-refractivity contribution is 5.99. The molecule has 1 unspecified atom stereocenters. The number of piperazine rings is 1. The lowest BCUT2D eigenvalue weighted by Crippen LogP contribution is -2.54. The molecule has 0 saturated carbocycles. The second kappa shape index (κ2) is 7.22. The number of benzene rings is 1. The van der Waals surface area contributed by atoms with E-state index in [0.29, 0.717) is 12.8 Å². The van der Waals surface area contributed by atoms with Crippen molar-refractivity contribution in [3.05, 3.63) is 30.6 Å². The Labute approximate surface area is 164 Å². The van der Waals surface area contributed by atoms with Gasteiger partial charge in [0.05, 0.1) is 0 Å². The van der Waals surface area contributed by atoms with E-state index in [1.54, 1.807) is 0 Å². The smallest absolute Gasteiger partial charge is 0.249 e. The van der Waals surface area contributed by atoms with Gasteiger partial charge in [0.2, 0.25) is 11.8 Å². The number of fused-ring (bicyclic) bond motifs is 1. The predicted molar refractivity (Wildman–Crippen MR) is 108 cm³/mol. The molecule has 2 aromatic rings. The fourth-order valence-corrected chi connectivity index (χ4v) is 4.65. The van der Waals surface area contributed by atoms with Crippen LogP contribution in [0.1, 0.15) is 18.9 Å². The molecule has 4 heterocycles. The summed E-state index contributed by atoms with van der Waals surface area (Å²) in [6.07, 6.45) is 5.02. The van der Waals surface area contributed by atoms with E-state index in [4.69, 9.17) is 0 Å². The zero-order valence-corrected chi connectivity index (χ0v) is 16.1. The van der Waals surface area contributed by atoms with E-state index >= 15 is 0 Å². The van der Waals surface area contributed by atoms with Crippen molar-refractivity contribution in [2.24, 2.45) is 5.92 Å². The summed E-state index contributed by atoms with van der Waals surface area (Å²) in [5.41, 5.74) is 1.25. The van der Waals surface area contributed by atoms with Crippen molar-refractivity contribution in [2.75, 3.05) is 50.7 Å². The number of hydrogen-bond acceptors (Lipinski definition) is 5. The third-order valence-corrected chi connectivity index (χ3v) is 6.27. The monoisotopic (exact) mass is 381 g/mol. The fraction of sp³-hybridized carbons (Fsp3) is 0.524. The Morgan fingerprint density at radius 3 is 2.61 bits per heavy atom. The molecule has 0 aliphatic carbocycles.